The number of ketones is 1. The van der Waals surface area contributed by atoms with Crippen LogP contribution in [0.5, 0.6) is 0 Å². The molecule has 0 aliphatic carbocycles. The van der Waals surface area contributed by atoms with Crippen LogP contribution in [0.2, 0.25) is 6.32 Å². The highest BCUT2D eigenvalue weighted by Gasteiger charge is 2.41. The lowest BCUT2D eigenvalue weighted by molar-refractivity contribution is -0.167. The standard InChI is InChI=1S/C19H31BO5/c1-12(17(3,4)15(22)24-9)13(2)19(7,8)25-16(23)18(5,6)14(21)10-11-20/h10-11H2,1-9H3/b13-12-. The van der Waals surface area contributed by atoms with Crippen molar-refractivity contribution in [1.82, 2.24) is 0 Å². The number of rotatable bonds is 8. The number of ether oxygens (including phenoxy) is 2. The number of carbonyl (C=O) groups is 3. The van der Waals surface area contributed by atoms with Gasteiger partial charge in [-0.15, -0.1) is 0 Å². The molecular formula is C19H31BO5. The molecule has 2 radical (unpaired) electrons. The zero-order valence-electron chi connectivity index (χ0n) is 17.0. The molecule has 0 spiro atoms. The van der Waals surface area contributed by atoms with E-state index in [1.54, 1.807) is 27.7 Å². The Hall–Kier alpha value is -1.59. The fourth-order valence-corrected chi connectivity index (χ4v) is 2.32. The Labute approximate surface area is 152 Å². The summed E-state index contributed by atoms with van der Waals surface area (Å²) in [5.41, 5.74) is -1.62. The second-order valence-electron chi connectivity index (χ2n) is 7.85. The minimum absolute atomic E-state index is 0.117. The van der Waals surface area contributed by atoms with E-state index in [2.05, 4.69) is 0 Å². The van der Waals surface area contributed by atoms with Gasteiger partial charge in [0, 0.05) is 0 Å². The number of Topliss-reactive ketones (excluding diaryl/α,β-unsaturated/α-hetero) is 1. The van der Waals surface area contributed by atoms with Gasteiger partial charge in [0.2, 0.25) is 0 Å². The van der Waals surface area contributed by atoms with Crippen LogP contribution in [-0.4, -0.2) is 38.3 Å². The third-order valence-corrected chi connectivity index (χ3v) is 5.03. The predicted molar refractivity (Wildman–Crippen MR) is 98.3 cm³/mol. The lowest BCUT2D eigenvalue weighted by Crippen LogP contribution is -2.42. The Bertz CT molecular complexity index is 570. The molecule has 0 heterocycles. The summed E-state index contributed by atoms with van der Waals surface area (Å²) in [5, 5.41) is 0. The molecule has 0 aromatic carbocycles. The largest absolute Gasteiger partial charge is 0.468 e. The maximum Gasteiger partial charge on any atom is 0.319 e. The molecule has 140 valence electrons. The van der Waals surface area contributed by atoms with Crippen molar-refractivity contribution in [2.75, 3.05) is 7.11 Å². The van der Waals surface area contributed by atoms with Crippen molar-refractivity contribution in [3.63, 3.8) is 0 Å². The van der Waals surface area contributed by atoms with Gasteiger partial charge >= 0.3 is 11.9 Å². The van der Waals surface area contributed by atoms with Crippen molar-refractivity contribution in [3.05, 3.63) is 11.1 Å². The number of hydrogen-bond acceptors (Lipinski definition) is 5. The van der Waals surface area contributed by atoms with Gasteiger partial charge in [0.1, 0.15) is 16.8 Å². The monoisotopic (exact) mass is 350 g/mol. The second-order valence-corrected chi connectivity index (χ2v) is 7.85. The first-order chi connectivity index (χ1) is 11.2. The minimum atomic E-state index is -1.28. The molecule has 0 atom stereocenters. The topological polar surface area (TPSA) is 69.7 Å². The van der Waals surface area contributed by atoms with E-state index < -0.39 is 22.4 Å². The quantitative estimate of drug-likeness (QED) is 0.290. The van der Waals surface area contributed by atoms with Gasteiger partial charge in [-0.3, -0.25) is 14.4 Å². The number of methoxy groups -OCH3 is 1. The van der Waals surface area contributed by atoms with Crippen LogP contribution in [0.15, 0.2) is 11.1 Å². The van der Waals surface area contributed by atoms with Crippen LogP contribution in [0.4, 0.5) is 0 Å². The molecule has 6 heteroatoms. The summed E-state index contributed by atoms with van der Waals surface area (Å²) in [4.78, 5) is 36.7. The zero-order chi connectivity index (χ0) is 20.2. The van der Waals surface area contributed by atoms with Crippen molar-refractivity contribution >= 4 is 25.6 Å². The Morgan fingerprint density at radius 3 is 1.72 bits per heavy atom. The van der Waals surface area contributed by atoms with E-state index in [0.717, 1.165) is 11.1 Å². The molecule has 0 amide bonds. The molecule has 0 saturated heterocycles. The van der Waals surface area contributed by atoms with Crippen LogP contribution >= 0.6 is 0 Å². The summed E-state index contributed by atoms with van der Waals surface area (Å²) in [6, 6.07) is 0. The van der Waals surface area contributed by atoms with E-state index in [-0.39, 0.29) is 24.5 Å². The number of carbonyl (C=O) groups excluding carboxylic acids is 3. The SMILES string of the molecule is [B]CCC(=O)C(C)(C)C(=O)OC(C)(C)/C(C)=C(/C)C(C)(C)C(=O)OC. The van der Waals surface area contributed by atoms with E-state index in [4.69, 9.17) is 17.3 Å². The average molecular weight is 350 g/mol. The highest BCUT2D eigenvalue weighted by atomic mass is 16.6. The molecular weight excluding hydrogens is 319 g/mol. The van der Waals surface area contributed by atoms with Crippen LogP contribution in [0.1, 0.15) is 61.8 Å². The van der Waals surface area contributed by atoms with Crippen LogP contribution in [-0.2, 0) is 23.9 Å². The number of hydrogen-bond donors (Lipinski definition) is 0. The zero-order valence-corrected chi connectivity index (χ0v) is 17.0. The van der Waals surface area contributed by atoms with Crippen LogP contribution in [0.25, 0.3) is 0 Å². The van der Waals surface area contributed by atoms with Crippen molar-refractivity contribution in [2.45, 2.75) is 73.7 Å². The van der Waals surface area contributed by atoms with Gasteiger partial charge in [-0.1, -0.05) is 11.9 Å². The molecule has 0 bridgehead atoms. The maximum atomic E-state index is 12.6. The molecule has 0 aromatic heterocycles. The summed E-state index contributed by atoms with van der Waals surface area (Å²) in [6.45, 7) is 13.7. The van der Waals surface area contributed by atoms with Crippen molar-refractivity contribution in [3.8, 4) is 0 Å². The Balaban J connectivity index is 5.64. The molecule has 0 aromatic rings. The highest BCUT2D eigenvalue weighted by Crippen LogP contribution is 2.36. The van der Waals surface area contributed by atoms with Crippen LogP contribution in [0, 0.1) is 10.8 Å². The van der Waals surface area contributed by atoms with E-state index in [1.165, 1.54) is 21.0 Å². The van der Waals surface area contributed by atoms with E-state index in [9.17, 15) is 14.4 Å². The highest BCUT2D eigenvalue weighted by molar-refractivity contribution is 6.12. The molecule has 0 aliphatic rings. The average Bonchev–Trinajstić information content (AvgIpc) is 2.51. The smallest absolute Gasteiger partial charge is 0.319 e. The van der Waals surface area contributed by atoms with Gasteiger partial charge in [-0.2, -0.15) is 0 Å². The van der Waals surface area contributed by atoms with Gasteiger partial charge in [0.15, 0.2) is 0 Å². The van der Waals surface area contributed by atoms with Gasteiger partial charge in [0.05, 0.1) is 20.4 Å². The van der Waals surface area contributed by atoms with E-state index in [1.807, 2.05) is 13.8 Å². The van der Waals surface area contributed by atoms with E-state index >= 15 is 0 Å². The summed E-state index contributed by atoms with van der Waals surface area (Å²) >= 11 is 0. The fourth-order valence-electron chi connectivity index (χ4n) is 2.32. The Morgan fingerprint density at radius 1 is 0.840 bits per heavy atom. The Morgan fingerprint density at radius 2 is 1.32 bits per heavy atom. The van der Waals surface area contributed by atoms with Crippen molar-refractivity contribution < 1.29 is 23.9 Å². The molecule has 0 saturated carbocycles. The van der Waals surface area contributed by atoms with Gasteiger partial charge in [0.25, 0.3) is 0 Å². The molecule has 0 N–H and O–H groups in total. The molecule has 25 heavy (non-hydrogen) atoms. The summed E-state index contributed by atoms with van der Waals surface area (Å²) in [5.74, 6) is -1.24. The van der Waals surface area contributed by atoms with Gasteiger partial charge < -0.3 is 9.47 Å². The molecule has 5 nitrogen and oxygen atoms in total. The number of esters is 2. The molecule has 0 unspecified atom stereocenters. The first kappa shape index (κ1) is 23.4. The third-order valence-electron chi connectivity index (χ3n) is 5.03. The normalized spacial score (nSPS) is 13.8. The molecule has 0 fully saturated rings. The van der Waals surface area contributed by atoms with Gasteiger partial charge in [-0.25, -0.2) is 0 Å². The maximum absolute atomic E-state index is 12.6. The summed E-state index contributed by atoms with van der Waals surface area (Å²) in [6.07, 6.45) is 0.302. The van der Waals surface area contributed by atoms with Gasteiger partial charge in [-0.05, 0) is 67.4 Å². The molecule has 0 aliphatic heterocycles. The predicted octanol–water partition coefficient (Wildman–Crippen LogP) is 3.42. The van der Waals surface area contributed by atoms with Crippen molar-refractivity contribution in [2.24, 2.45) is 10.8 Å². The first-order valence-electron chi connectivity index (χ1n) is 8.39. The van der Waals surface area contributed by atoms with Crippen LogP contribution in [0.3, 0.4) is 0 Å². The Kier molecular flexibility index (Phi) is 7.68. The summed E-state index contributed by atoms with van der Waals surface area (Å²) in [7, 11) is 6.74. The van der Waals surface area contributed by atoms with E-state index in [0.29, 0.717) is 0 Å². The lowest BCUT2D eigenvalue weighted by Gasteiger charge is -2.34. The fraction of sp³-hybridized carbons (Fsp3) is 0.737. The molecule has 0 rings (SSSR count). The third kappa shape index (κ3) is 5.19. The first-order valence-corrected chi connectivity index (χ1v) is 8.39. The minimum Gasteiger partial charge on any atom is -0.468 e. The second kappa shape index (κ2) is 8.20. The lowest BCUT2D eigenvalue weighted by atomic mass is 9.78. The van der Waals surface area contributed by atoms with Crippen LogP contribution < -0.4 is 0 Å². The summed E-state index contributed by atoms with van der Waals surface area (Å²) < 4.78 is 10.5. The van der Waals surface area contributed by atoms with Crippen molar-refractivity contribution in [1.29, 1.82) is 0 Å².